The Labute approximate surface area is 134 Å². The number of benzene rings is 1. The Morgan fingerprint density at radius 3 is 2.30 bits per heavy atom. The smallest absolute Gasteiger partial charge is 0.298 e. The monoisotopic (exact) mass is 360 g/mol. The number of carbonyl (C=O) groups is 2. The lowest BCUT2D eigenvalue weighted by atomic mass is 10.2. The van der Waals surface area contributed by atoms with Crippen molar-refractivity contribution in [3.63, 3.8) is 0 Å². The third-order valence-electron chi connectivity index (χ3n) is 2.76. The Bertz CT molecular complexity index is 845. The zero-order chi connectivity index (χ0) is 17.2. The molecule has 0 radical (unpaired) electrons. The number of halogens is 2. The van der Waals surface area contributed by atoms with E-state index in [0.717, 1.165) is 35.6 Å². The number of nitrogens with zero attached hydrogens (tertiary/aromatic N) is 1. The minimum atomic E-state index is -4.70. The van der Waals surface area contributed by atoms with Crippen LogP contribution in [0.1, 0.15) is 27.8 Å². The molecule has 0 unspecified atom stereocenters. The van der Waals surface area contributed by atoms with Crippen molar-refractivity contribution in [1.82, 2.24) is 4.98 Å². The molecule has 2 rings (SSSR count). The first-order valence-electron chi connectivity index (χ1n) is 6.11. The number of carbonyl (C=O) groups excluding carboxylic acids is 2. The molecule has 0 spiro atoms. The van der Waals surface area contributed by atoms with Gasteiger partial charge in [-0.15, -0.1) is 11.3 Å². The van der Waals surface area contributed by atoms with Gasteiger partial charge in [0.1, 0.15) is 5.69 Å². The summed E-state index contributed by atoms with van der Waals surface area (Å²) in [7, 11) is -4.70. The summed E-state index contributed by atoms with van der Waals surface area (Å²) in [6.45, 7) is 1.34. The number of amides is 1. The van der Waals surface area contributed by atoms with Crippen LogP contribution in [0.25, 0.3) is 0 Å². The number of ketones is 1. The summed E-state index contributed by atoms with van der Waals surface area (Å²) in [6, 6.07) is 4.09. The fraction of sp³-hybridized carbons (Fsp3) is 0.154. The van der Waals surface area contributed by atoms with E-state index < -0.39 is 26.4 Å². The first kappa shape index (κ1) is 17.2. The second kappa shape index (κ2) is 6.50. The molecule has 1 N–H and O–H groups in total. The summed E-state index contributed by atoms with van der Waals surface area (Å²) < 4.78 is 47.4. The van der Waals surface area contributed by atoms with Gasteiger partial charge in [0.25, 0.3) is 5.91 Å². The third-order valence-corrected chi connectivity index (χ3v) is 4.92. The van der Waals surface area contributed by atoms with Crippen LogP contribution in [0, 0.1) is 0 Å². The number of aromatic nitrogens is 1. The minimum absolute atomic E-state index is 0.0674. The molecule has 0 saturated carbocycles. The van der Waals surface area contributed by atoms with Crippen molar-refractivity contribution >= 4 is 38.0 Å². The number of nitrogens with one attached hydrogen (secondary N) is 1. The van der Waals surface area contributed by atoms with Crippen LogP contribution in [-0.2, 0) is 9.84 Å². The van der Waals surface area contributed by atoms with Crippen LogP contribution >= 0.6 is 11.3 Å². The van der Waals surface area contributed by atoms with Crippen molar-refractivity contribution in [2.24, 2.45) is 0 Å². The molecule has 122 valence electrons. The minimum Gasteiger partial charge on any atom is -0.298 e. The average Bonchev–Trinajstić information content (AvgIpc) is 2.96. The van der Waals surface area contributed by atoms with Crippen molar-refractivity contribution < 1.29 is 26.8 Å². The van der Waals surface area contributed by atoms with Gasteiger partial charge in [0, 0.05) is 17.9 Å². The Kier molecular flexibility index (Phi) is 4.85. The molecule has 1 aromatic carbocycles. The fourth-order valence-electron chi connectivity index (χ4n) is 1.56. The predicted molar refractivity (Wildman–Crippen MR) is 79.7 cm³/mol. The van der Waals surface area contributed by atoms with E-state index in [1.54, 1.807) is 0 Å². The topological polar surface area (TPSA) is 93.2 Å². The van der Waals surface area contributed by atoms with E-state index in [1.807, 2.05) is 0 Å². The largest absolute Gasteiger partial charge is 0.341 e. The van der Waals surface area contributed by atoms with Crippen LogP contribution in [0.3, 0.4) is 0 Å². The lowest BCUT2D eigenvalue weighted by Crippen LogP contribution is -2.14. The number of Topliss-reactive ketones (excluding diaryl/α,β-unsaturated/α-hetero) is 1. The van der Waals surface area contributed by atoms with Crippen molar-refractivity contribution in [3.8, 4) is 0 Å². The Morgan fingerprint density at radius 2 is 1.83 bits per heavy atom. The fourth-order valence-corrected chi connectivity index (χ4v) is 3.03. The second-order valence-corrected chi connectivity index (χ2v) is 7.15. The molecule has 0 aliphatic heterocycles. The van der Waals surface area contributed by atoms with Crippen molar-refractivity contribution in [3.05, 3.63) is 40.9 Å². The maximum Gasteiger partial charge on any atom is 0.341 e. The van der Waals surface area contributed by atoms with Gasteiger partial charge in [0.05, 0.1) is 4.90 Å². The van der Waals surface area contributed by atoms with E-state index >= 15 is 0 Å². The number of sulfone groups is 1. The van der Waals surface area contributed by atoms with Gasteiger partial charge in [0.15, 0.2) is 10.9 Å². The molecule has 1 amide bonds. The van der Waals surface area contributed by atoms with Crippen molar-refractivity contribution in [1.29, 1.82) is 0 Å². The Balaban J connectivity index is 2.15. The van der Waals surface area contributed by atoms with Crippen LogP contribution in [0.2, 0.25) is 0 Å². The summed E-state index contributed by atoms with van der Waals surface area (Å²) in [4.78, 5) is 26.4. The zero-order valence-corrected chi connectivity index (χ0v) is 13.2. The first-order valence-corrected chi connectivity index (χ1v) is 8.54. The maximum absolute atomic E-state index is 12.4. The molecule has 0 bridgehead atoms. The first-order chi connectivity index (χ1) is 10.7. The molecule has 0 saturated heterocycles. The van der Waals surface area contributed by atoms with Crippen molar-refractivity contribution in [2.45, 2.75) is 17.6 Å². The molecular formula is C13H10F2N2O4S2. The molecule has 0 atom stereocenters. The SMILES string of the molecule is CC(=O)c1csc(NC(=O)c2ccc(S(=O)(=O)C(F)F)cc2)n1. The molecule has 1 aromatic heterocycles. The van der Waals surface area contributed by atoms with Gasteiger partial charge in [-0.05, 0) is 24.3 Å². The normalized spacial score (nSPS) is 11.5. The quantitative estimate of drug-likeness (QED) is 0.827. The van der Waals surface area contributed by atoms with Gasteiger partial charge in [0.2, 0.25) is 9.84 Å². The highest BCUT2D eigenvalue weighted by Gasteiger charge is 2.26. The molecule has 6 nitrogen and oxygen atoms in total. The number of hydrogen-bond acceptors (Lipinski definition) is 6. The Hall–Kier alpha value is -2.20. The van der Waals surface area contributed by atoms with E-state index in [4.69, 9.17) is 0 Å². The van der Waals surface area contributed by atoms with E-state index in [0.29, 0.717) is 0 Å². The van der Waals surface area contributed by atoms with E-state index in [-0.39, 0.29) is 22.2 Å². The van der Waals surface area contributed by atoms with Gasteiger partial charge in [-0.3, -0.25) is 14.9 Å². The summed E-state index contributed by atoms with van der Waals surface area (Å²) in [5, 5.41) is 4.11. The zero-order valence-electron chi connectivity index (χ0n) is 11.6. The molecule has 10 heteroatoms. The van der Waals surface area contributed by atoms with Crippen LogP contribution in [0.5, 0.6) is 0 Å². The summed E-state index contributed by atoms with van der Waals surface area (Å²) in [6.07, 6.45) is 0. The highest BCUT2D eigenvalue weighted by atomic mass is 32.2. The van der Waals surface area contributed by atoms with Crippen LogP contribution in [0.15, 0.2) is 34.5 Å². The van der Waals surface area contributed by atoms with E-state index in [9.17, 15) is 26.8 Å². The second-order valence-electron chi connectivity index (χ2n) is 4.38. The van der Waals surface area contributed by atoms with Gasteiger partial charge in [-0.2, -0.15) is 8.78 Å². The molecule has 23 heavy (non-hydrogen) atoms. The highest BCUT2D eigenvalue weighted by molar-refractivity contribution is 7.91. The molecule has 0 aliphatic carbocycles. The number of hydrogen-bond donors (Lipinski definition) is 1. The standard InChI is InChI=1S/C13H10F2N2O4S2/c1-7(18)10-6-22-13(16-10)17-11(19)8-2-4-9(5-3-8)23(20,21)12(14)15/h2-6,12H,1H3,(H,16,17,19). The average molecular weight is 360 g/mol. The van der Waals surface area contributed by atoms with Crippen LogP contribution < -0.4 is 5.32 Å². The third kappa shape index (κ3) is 3.77. The summed E-state index contributed by atoms with van der Waals surface area (Å²) in [5.41, 5.74) is 0.279. The maximum atomic E-state index is 12.4. The number of rotatable bonds is 5. The molecule has 1 heterocycles. The lowest BCUT2D eigenvalue weighted by Gasteiger charge is -2.05. The van der Waals surface area contributed by atoms with Gasteiger partial charge >= 0.3 is 5.76 Å². The van der Waals surface area contributed by atoms with Gasteiger partial charge in [-0.25, -0.2) is 13.4 Å². The van der Waals surface area contributed by atoms with Crippen LogP contribution in [0.4, 0.5) is 13.9 Å². The lowest BCUT2D eigenvalue weighted by molar-refractivity contribution is 0.100. The molecule has 0 fully saturated rings. The summed E-state index contributed by atoms with van der Waals surface area (Å²) in [5.74, 6) is -4.37. The number of thiazole rings is 1. The number of alkyl halides is 2. The van der Waals surface area contributed by atoms with Gasteiger partial charge < -0.3 is 0 Å². The highest BCUT2D eigenvalue weighted by Crippen LogP contribution is 2.20. The predicted octanol–water partition coefficient (Wildman–Crippen LogP) is 2.59. The molecule has 0 aliphatic rings. The van der Waals surface area contributed by atoms with Crippen LogP contribution in [-0.4, -0.2) is 30.8 Å². The molecular weight excluding hydrogens is 350 g/mol. The number of anilines is 1. The van der Waals surface area contributed by atoms with E-state index in [2.05, 4.69) is 10.3 Å². The summed E-state index contributed by atoms with van der Waals surface area (Å²) >= 11 is 1.05. The van der Waals surface area contributed by atoms with E-state index in [1.165, 1.54) is 12.3 Å². The Morgan fingerprint density at radius 1 is 1.22 bits per heavy atom. The van der Waals surface area contributed by atoms with Crippen molar-refractivity contribution in [2.75, 3.05) is 5.32 Å². The van der Waals surface area contributed by atoms with Gasteiger partial charge in [-0.1, -0.05) is 0 Å². The molecule has 2 aromatic rings.